The summed E-state index contributed by atoms with van der Waals surface area (Å²) in [5, 5.41) is 0. The van der Waals surface area contributed by atoms with E-state index in [1.807, 2.05) is 11.8 Å². The van der Waals surface area contributed by atoms with E-state index >= 15 is 0 Å². The zero-order valence-corrected chi connectivity index (χ0v) is 13.4. The minimum Gasteiger partial charge on any atom is -0.465 e. The van der Waals surface area contributed by atoms with Gasteiger partial charge in [0.2, 0.25) is 10.0 Å². The number of rotatable bonds is 8. The summed E-state index contributed by atoms with van der Waals surface area (Å²) in [5.41, 5.74) is 0.779. The van der Waals surface area contributed by atoms with Crippen molar-refractivity contribution in [2.24, 2.45) is 0 Å². The lowest BCUT2D eigenvalue weighted by molar-refractivity contribution is -0.141. The topological polar surface area (TPSA) is 75.7 Å². The van der Waals surface area contributed by atoms with E-state index in [-0.39, 0.29) is 17.4 Å². The van der Waals surface area contributed by atoms with Gasteiger partial charge in [-0.15, -0.1) is 0 Å². The highest BCUT2D eigenvalue weighted by molar-refractivity contribution is 7.89. The maximum Gasteiger partial charge on any atom is 0.325 e. The van der Waals surface area contributed by atoms with Gasteiger partial charge in [0.25, 0.3) is 0 Å². The van der Waals surface area contributed by atoms with Gasteiger partial charge < -0.3 is 9.64 Å². The minimum absolute atomic E-state index is 0.143. The molecule has 0 aliphatic carbocycles. The molecule has 0 atom stereocenters. The van der Waals surface area contributed by atoms with Crippen LogP contribution < -0.4 is 9.62 Å². The molecule has 0 aliphatic rings. The van der Waals surface area contributed by atoms with Gasteiger partial charge in [0.1, 0.15) is 6.54 Å². The van der Waals surface area contributed by atoms with Gasteiger partial charge in [-0.1, -0.05) is 6.92 Å². The van der Waals surface area contributed by atoms with Gasteiger partial charge in [-0.3, -0.25) is 4.79 Å². The smallest absolute Gasteiger partial charge is 0.325 e. The zero-order chi connectivity index (χ0) is 15.9. The number of carbonyl (C=O) groups is 1. The fraction of sp³-hybridized carbons (Fsp3) is 0.500. The number of ether oxygens (including phenoxy) is 1. The summed E-state index contributed by atoms with van der Waals surface area (Å²) in [6.07, 6.45) is 0. The molecule has 0 saturated carbocycles. The van der Waals surface area contributed by atoms with Crippen LogP contribution in [0.4, 0.5) is 5.69 Å². The van der Waals surface area contributed by atoms with Crippen LogP contribution in [0.3, 0.4) is 0 Å². The highest BCUT2D eigenvalue weighted by atomic mass is 32.2. The highest BCUT2D eigenvalue weighted by Gasteiger charge is 2.14. The van der Waals surface area contributed by atoms with Crippen LogP contribution in [0.5, 0.6) is 0 Å². The van der Waals surface area contributed by atoms with Crippen molar-refractivity contribution in [3.05, 3.63) is 24.3 Å². The molecule has 0 saturated heterocycles. The molecule has 0 spiro atoms. The zero-order valence-electron chi connectivity index (χ0n) is 12.6. The largest absolute Gasteiger partial charge is 0.465 e. The molecule has 0 heterocycles. The van der Waals surface area contributed by atoms with Gasteiger partial charge in [-0.05, 0) is 38.1 Å². The second-order valence-electron chi connectivity index (χ2n) is 4.31. The van der Waals surface area contributed by atoms with Crippen molar-refractivity contribution in [2.45, 2.75) is 25.7 Å². The summed E-state index contributed by atoms with van der Waals surface area (Å²) in [6.45, 7) is 6.85. The first kappa shape index (κ1) is 17.5. The third kappa shape index (κ3) is 5.02. The SMILES string of the molecule is CCNS(=O)(=O)c1ccc(N(CC)CC(=O)OCC)cc1. The van der Waals surface area contributed by atoms with Crippen molar-refractivity contribution in [2.75, 3.05) is 31.1 Å². The van der Waals surface area contributed by atoms with Gasteiger partial charge in [-0.2, -0.15) is 0 Å². The van der Waals surface area contributed by atoms with E-state index < -0.39 is 10.0 Å². The van der Waals surface area contributed by atoms with Gasteiger partial charge in [-0.25, -0.2) is 13.1 Å². The summed E-state index contributed by atoms with van der Waals surface area (Å²) in [6, 6.07) is 6.43. The summed E-state index contributed by atoms with van der Waals surface area (Å²) in [4.78, 5) is 13.6. The van der Waals surface area contributed by atoms with Gasteiger partial charge in [0, 0.05) is 18.8 Å². The molecule has 21 heavy (non-hydrogen) atoms. The molecule has 0 radical (unpaired) electrons. The first-order valence-electron chi connectivity index (χ1n) is 6.94. The van der Waals surface area contributed by atoms with Crippen molar-refractivity contribution in [1.82, 2.24) is 4.72 Å². The lowest BCUT2D eigenvalue weighted by atomic mass is 10.3. The van der Waals surface area contributed by atoms with Crippen LogP contribution in [0.1, 0.15) is 20.8 Å². The molecular weight excluding hydrogens is 292 g/mol. The number of carbonyl (C=O) groups excluding carboxylic acids is 1. The first-order chi connectivity index (χ1) is 9.94. The number of esters is 1. The molecule has 1 rings (SSSR count). The van der Waals surface area contributed by atoms with E-state index in [0.717, 1.165) is 5.69 Å². The number of nitrogens with zero attached hydrogens (tertiary/aromatic N) is 1. The van der Waals surface area contributed by atoms with Crippen LogP contribution in [0, 0.1) is 0 Å². The number of hydrogen-bond acceptors (Lipinski definition) is 5. The Bertz CT molecular complexity index is 555. The lowest BCUT2D eigenvalue weighted by Gasteiger charge is -2.22. The van der Waals surface area contributed by atoms with E-state index in [4.69, 9.17) is 4.74 Å². The average Bonchev–Trinajstić information content (AvgIpc) is 2.45. The van der Waals surface area contributed by atoms with Gasteiger partial charge in [0.15, 0.2) is 0 Å². The van der Waals surface area contributed by atoms with Crippen LogP contribution in [0.15, 0.2) is 29.2 Å². The fourth-order valence-electron chi connectivity index (χ4n) is 1.86. The van der Waals surface area contributed by atoms with Crippen LogP contribution in [-0.2, 0) is 19.6 Å². The molecule has 0 aromatic heterocycles. The molecule has 1 aromatic carbocycles. The summed E-state index contributed by atoms with van der Waals surface area (Å²) in [7, 11) is -3.45. The normalized spacial score (nSPS) is 11.2. The molecule has 1 N–H and O–H groups in total. The molecule has 0 amide bonds. The Labute approximate surface area is 126 Å². The van der Waals surface area contributed by atoms with Gasteiger partial charge in [0.05, 0.1) is 11.5 Å². The van der Waals surface area contributed by atoms with E-state index in [1.54, 1.807) is 26.0 Å². The molecule has 1 aromatic rings. The van der Waals surface area contributed by atoms with E-state index in [9.17, 15) is 13.2 Å². The summed E-state index contributed by atoms with van der Waals surface area (Å²) >= 11 is 0. The van der Waals surface area contributed by atoms with Crippen LogP contribution in [-0.4, -0.2) is 40.6 Å². The Hall–Kier alpha value is -1.60. The molecular formula is C14H22N2O4S. The maximum absolute atomic E-state index is 11.8. The second-order valence-corrected chi connectivity index (χ2v) is 6.08. The van der Waals surface area contributed by atoms with Crippen molar-refractivity contribution in [3.63, 3.8) is 0 Å². The molecule has 6 nitrogen and oxygen atoms in total. The highest BCUT2D eigenvalue weighted by Crippen LogP contribution is 2.17. The molecule has 118 valence electrons. The Morgan fingerprint density at radius 3 is 2.29 bits per heavy atom. The lowest BCUT2D eigenvalue weighted by Crippen LogP contribution is -2.30. The Morgan fingerprint density at radius 2 is 1.81 bits per heavy atom. The number of likely N-dealkylation sites (N-methyl/N-ethyl adjacent to an activating group) is 1. The van der Waals surface area contributed by atoms with Crippen molar-refractivity contribution in [1.29, 1.82) is 0 Å². The maximum atomic E-state index is 11.8. The third-order valence-corrected chi connectivity index (χ3v) is 4.42. The fourth-order valence-corrected chi connectivity index (χ4v) is 2.90. The van der Waals surface area contributed by atoms with Crippen molar-refractivity contribution >= 4 is 21.7 Å². The van der Waals surface area contributed by atoms with E-state index in [1.165, 1.54) is 12.1 Å². The average molecular weight is 314 g/mol. The Kier molecular flexibility index (Phi) is 6.64. The van der Waals surface area contributed by atoms with Crippen LogP contribution in [0.2, 0.25) is 0 Å². The number of sulfonamides is 1. The molecule has 0 bridgehead atoms. The van der Waals surface area contributed by atoms with Crippen molar-refractivity contribution < 1.29 is 17.9 Å². The van der Waals surface area contributed by atoms with Crippen molar-refractivity contribution in [3.8, 4) is 0 Å². The molecule has 0 fully saturated rings. The number of hydrogen-bond donors (Lipinski definition) is 1. The summed E-state index contributed by atoms with van der Waals surface area (Å²) in [5.74, 6) is -0.302. The summed E-state index contributed by atoms with van der Waals surface area (Å²) < 4.78 is 31.0. The molecule has 7 heteroatoms. The number of anilines is 1. The van der Waals surface area contributed by atoms with Crippen LogP contribution >= 0.6 is 0 Å². The molecule has 0 aliphatic heterocycles. The molecule has 0 unspecified atom stereocenters. The number of nitrogens with one attached hydrogen (secondary N) is 1. The minimum atomic E-state index is -3.45. The second kappa shape index (κ2) is 7.99. The third-order valence-electron chi connectivity index (χ3n) is 2.85. The quantitative estimate of drug-likeness (QED) is 0.734. The number of benzene rings is 1. The van der Waals surface area contributed by atoms with Gasteiger partial charge >= 0.3 is 5.97 Å². The standard InChI is InChI=1S/C14H22N2O4S/c1-4-15-21(18,19)13-9-7-12(8-10-13)16(5-2)11-14(17)20-6-3/h7-10,15H,4-6,11H2,1-3H3. The monoisotopic (exact) mass is 314 g/mol. The predicted octanol–water partition coefficient (Wildman–Crippen LogP) is 1.37. The predicted molar refractivity (Wildman–Crippen MR) is 81.8 cm³/mol. The Balaban J connectivity index is 2.87. The first-order valence-corrected chi connectivity index (χ1v) is 8.43. The Morgan fingerprint density at radius 1 is 1.19 bits per heavy atom. The van der Waals surface area contributed by atoms with Crippen LogP contribution in [0.25, 0.3) is 0 Å². The van der Waals surface area contributed by atoms with E-state index in [2.05, 4.69) is 4.72 Å². The van der Waals surface area contributed by atoms with E-state index in [0.29, 0.717) is 19.7 Å².